The van der Waals surface area contributed by atoms with E-state index in [-0.39, 0.29) is 0 Å². The van der Waals surface area contributed by atoms with E-state index in [4.69, 9.17) is 4.74 Å². The molecular formula is C29H40O. The van der Waals surface area contributed by atoms with Gasteiger partial charge in [0.1, 0.15) is 5.75 Å². The molecule has 30 heavy (non-hydrogen) atoms. The molecule has 0 aliphatic heterocycles. The smallest absolute Gasteiger partial charge is 0.119 e. The third kappa shape index (κ3) is 2.59. The first-order chi connectivity index (χ1) is 14.5. The van der Waals surface area contributed by atoms with Crippen molar-refractivity contribution >= 4 is 0 Å². The van der Waals surface area contributed by atoms with Gasteiger partial charge in [0.25, 0.3) is 0 Å². The minimum Gasteiger partial charge on any atom is -0.497 e. The van der Waals surface area contributed by atoms with Crippen molar-refractivity contribution in [2.24, 2.45) is 46.3 Å². The summed E-state index contributed by atoms with van der Waals surface area (Å²) in [6, 6.07) is 7.16. The molecule has 0 radical (unpaired) electrons. The van der Waals surface area contributed by atoms with Crippen LogP contribution in [0.1, 0.15) is 94.1 Å². The van der Waals surface area contributed by atoms with Crippen LogP contribution in [0.15, 0.2) is 18.2 Å². The third-order valence-corrected chi connectivity index (χ3v) is 11.2. The molecule has 1 heteroatoms. The first kappa shape index (κ1) is 18.6. The van der Waals surface area contributed by atoms with Gasteiger partial charge in [-0.15, -0.1) is 0 Å². The topological polar surface area (TPSA) is 9.23 Å². The number of ether oxygens (including phenoxy) is 1. The van der Waals surface area contributed by atoms with E-state index in [0.29, 0.717) is 10.8 Å². The summed E-state index contributed by atoms with van der Waals surface area (Å²) < 4.78 is 5.63. The van der Waals surface area contributed by atoms with Gasteiger partial charge < -0.3 is 4.74 Å². The van der Waals surface area contributed by atoms with Crippen LogP contribution in [0.25, 0.3) is 0 Å². The molecule has 1 aromatic carbocycles. The predicted molar refractivity (Wildman–Crippen MR) is 122 cm³/mol. The Balaban J connectivity index is 1.38. The maximum absolute atomic E-state index is 5.63. The SMILES string of the molecule is COc1ccc(C(C23CC4CC(CC(C4)C2)C3)C23CC4CC(CC(C4)C2)C3)c(C)c1. The van der Waals surface area contributed by atoms with Crippen LogP contribution in [0.3, 0.4) is 0 Å². The fourth-order valence-corrected chi connectivity index (χ4v) is 11.5. The minimum absolute atomic E-state index is 0.611. The van der Waals surface area contributed by atoms with Crippen LogP contribution in [0.2, 0.25) is 0 Å². The largest absolute Gasteiger partial charge is 0.497 e. The van der Waals surface area contributed by atoms with Crippen molar-refractivity contribution in [1.29, 1.82) is 0 Å². The van der Waals surface area contributed by atoms with Gasteiger partial charge in [0.05, 0.1) is 7.11 Å². The van der Waals surface area contributed by atoms with Crippen LogP contribution in [0, 0.1) is 53.3 Å². The van der Waals surface area contributed by atoms with Crippen molar-refractivity contribution in [2.45, 2.75) is 89.9 Å². The molecule has 1 aromatic rings. The van der Waals surface area contributed by atoms with Crippen molar-refractivity contribution < 1.29 is 4.74 Å². The van der Waals surface area contributed by atoms with Gasteiger partial charge in [0, 0.05) is 0 Å². The minimum atomic E-state index is 0.611. The van der Waals surface area contributed by atoms with Crippen molar-refractivity contribution in [3.8, 4) is 5.75 Å². The molecule has 0 atom stereocenters. The van der Waals surface area contributed by atoms with Gasteiger partial charge in [-0.2, -0.15) is 0 Å². The van der Waals surface area contributed by atoms with Crippen LogP contribution in [0.5, 0.6) is 5.75 Å². The fourth-order valence-electron chi connectivity index (χ4n) is 11.5. The highest BCUT2D eigenvalue weighted by Crippen LogP contribution is 2.74. The zero-order chi connectivity index (χ0) is 20.1. The molecule has 0 spiro atoms. The lowest BCUT2D eigenvalue weighted by molar-refractivity contribution is -0.144. The Bertz CT molecular complexity index is 735. The van der Waals surface area contributed by atoms with Gasteiger partial charge in [-0.25, -0.2) is 0 Å². The maximum atomic E-state index is 5.63. The molecule has 8 saturated carbocycles. The van der Waals surface area contributed by atoms with E-state index in [1.807, 2.05) is 7.11 Å². The Morgan fingerprint density at radius 3 is 1.43 bits per heavy atom. The molecule has 0 aromatic heterocycles. The molecular weight excluding hydrogens is 364 g/mol. The Labute approximate surface area is 183 Å². The van der Waals surface area contributed by atoms with Crippen molar-refractivity contribution in [1.82, 2.24) is 0 Å². The molecule has 0 N–H and O–H groups in total. The number of methoxy groups -OCH3 is 1. The summed E-state index contributed by atoms with van der Waals surface area (Å²) in [5.41, 5.74) is 4.48. The van der Waals surface area contributed by atoms with E-state index in [0.717, 1.165) is 47.2 Å². The van der Waals surface area contributed by atoms with Crippen molar-refractivity contribution in [2.75, 3.05) is 7.11 Å². The Kier molecular flexibility index (Phi) is 3.90. The van der Waals surface area contributed by atoms with Crippen LogP contribution in [-0.2, 0) is 0 Å². The average Bonchev–Trinajstić information content (AvgIpc) is 2.67. The zero-order valence-electron chi connectivity index (χ0n) is 19.2. The highest BCUT2D eigenvalue weighted by molar-refractivity contribution is 5.40. The monoisotopic (exact) mass is 404 g/mol. The number of hydrogen-bond acceptors (Lipinski definition) is 1. The number of benzene rings is 1. The highest BCUT2D eigenvalue weighted by atomic mass is 16.5. The van der Waals surface area contributed by atoms with Gasteiger partial charge in [-0.3, -0.25) is 0 Å². The summed E-state index contributed by atoms with van der Waals surface area (Å²) in [5, 5.41) is 0. The van der Waals surface area contributed by atoms with Crippen LogP contribution in [0.4, 0.5) is 0 Å². The van der Waals surface area contributed by atoms with Gasteiger partial charge in [-0.05, 0) is 159 Å². The first-order valence-electron chi connectivity index (χ1n) is 13.2. The third-order valence-electron chi connectivity index (χ3n) is 11.2. The number of hydrogen-bond donors (Lipinski definition) is 0. The number of aryl methyl sites for hydroxylation is 1. The maximum Gasteiger partial charge on any atom is 0.119 e. The fraction of sp³-hybridized carbons (Fsp3) is 0.793. The summed E-state index contributed by atoms with van der Waals surface area (Å²) in [6.07, 6.45) is 18.7. The number of rotatable bonds is 4. The molecule has 0 unspecified atom stereocenters. The molecule has 8 aliphatic carbocycles. The standard InChI is InChI=1S/C29H40O/c1-18-5-25(30-2)3-4-26(18)27(28-12-19-6-20(13-28)8-21(7-19)14-28)29-15-22-9-23(16-29)11-24(10-22)17-29/h3-5,19-24,27H,6-17H2,1-2H3. The van der Waals surface area contributed by atoms with E-state index in [1.54, 1.807) is 82.6 Å². The molecule has 9 rings (SSSR count). The molecule has 8 aliphatic rings. The zero-order valence-corrected chi connectivity index (χ0v) is 19.2. The Morgan fingerprint density at radius 2 is 1.10 bits per heavy atom. The van der Waals surface area contributed by atoms with Gasteiger partial charge >= 0.3 is 0 Å². The summed E-state index contributed by atoms with van der Waals surface area (Å²) in [4.78, 5) is 0. The van der Waals surface area contributed by atoms with Crippen LogP contribution in [-0.4, -0.2) is 7.11 Å². The lowest BCUT2D eigenvalue weighted by atomic mass is 9.37. The van der Waals surface area contributed by atoms with E-state index < -0.39 is 0 Å². The van der Waals surface area contributed by atoms with Crippen molar-refractivity contribution in [3.63, 3.8) is 0 Å². The van der Waals surface area contributed by atoms with Crippen LogP contribution >= 0.6 is 0 Å². The summed E-state index contributed by atoms with van der Waals surface area (Å²) in [7, 11) is 1.82. The van der Waals surface area contributed by atoms with Crippen LogP contribution < -0.4 is 4.74 Å². The van der Waals surface area contributed by atoms with Gasteiger partial charge in [0.2, 0.25) is 0 Å². The van der Waals surface area contributed by atoms with Crippen molar-refractivity contribution in [3.05, 3.63) is 29.3 Å². The molecule has 0 heterocycles. The van der Waals surface area contributed by atoms with E-state index in [1.165, 1.54) is 5.56 Å². The molecule has 162 valence electrons. The highest BCUT2D eigenvalue weighted by Gasteiger charge is 2.63. The molecule has 8 bridgehead atoms. The normalized spacial score (nSPS) is 48.9. The molecule has 8 fully saturated rings. The Morgan fingerprint density at radius 1 is 0.700 bits per heavy atom. The van der Waals surface area contributed by atoms with E-state index in [9.17, 15) is 0 Å². The second kappa shape index (κ2) is 6.29. The lowest BCUT2D eigenvalue weighted by Gasteiger charge is -2.67. The van der Waals surface area contributed by atoms with E-state index in [2.05, 4.69) is 25.1 Å². The molecule has 0 saturated heterocycles. The van der Waals surface area contributed by atoms with E-state index >= 15 is 0 Å². The summed E-state index contributed by atoms with van der Waals surface area (Å²) >= 11 is 0. The predicted octanol–water partition coefficient (Wildman–Crippen LogP) is 7.52. The average molecular weight is 405 g/mol. The van der Waals surface area contributed by atoms with Gasteiger partial charge in [-0.1, -0.05) is 6.07 Å². The lowest BCUT2D eigenvalue weighted by Crippen LogP contribution is -2.57. The van der Waals surface area contributed by atoms with Gasteiger partial charge in [0.15, 0.2) is 0 Å². The summed E-state index contributed by atoms with van der Waals surface area (Å²) in [5.74, 6) is 8.15. The second-order valence-corrected chi connectivity index (χ2v) is 13.2. The first-order valence-corrected chi connectivity index (χ1v) is 13.2. The Hall–Kier alpha value is -0.980. The second-order valence-electron chi connectivity index (χ2n) is 13.2. The quantitative estimate of drug-likeness (QED) is 0.504. The molecule has 1 nitrogen and oxygen atoms in total. The summed E-state index contributed by atoms with van der Waals surface area (Å²) in [6.45, 7) is 2.39. The molecule has 0 amide bonds.